The largest absolute Gasteiger partial charge is 0.299 e. The highest BCUT2D eigenvalue weighted by molar-refractivity contribution is 6.51. The Morgan fingerprint density at radius 2 is 1.12 bits per heavy atom. The second kappa shape index (κ2) is 12.8. The van der Waals surface area contributed by atoms with Gasteiger partial charge in [-0.2, -0.15) is 5.10 Å². The second-order valence-electron chi connectivity index (χ2n) is 12.6. The minimum absolute atomic E-state index is 0.311. The SMILES string of the molecule is N=C1C=C(c2cccc(-c3ccccn3)n2)C=C/C1=N/Nc1ccc(-c2c3ccccc3c(-c3ccc4ccccc4c3)c3ccccc23)cc1. The highest BCUT2D eigenvalue weighted by Gasteiger charge is 2.17. The van der Waals surface area contributed by atoms with Gasteiger partial charge in [0.25, 0.3) is 0 Å². The summed E-state index contributed by atoms with van der Waals surface area (Å²) in [6, 6.07) is 52.7. The lowest BCUT2D eigenvalue weighted by atomic mass is 9.85. The van der Waals surface area contributed by atoms with E-state index in [1.165, 1.54) is 49.0 Å². The van der Waals surface area contributed by atoms with Crippen molar-refractivity contribution in [2.75, 3.05) is 5.43 Å². The molecule has 0 amide bonds. The van der Waals surface area contributed by atoms with Crippen LogP contribution in [0, 0.1) is 5.41 Å². The van der Waals surface area contributed by atoms with E-state index in [0.717, 1.165) is 33.9 Å². The van der Waals surface area contributed by atoms with E-state index in [-0.39, 0.29) is 0 Å². The molecule has 2 heterocycles. The smallest absolute Gasteiger partial charge is 0.108 e. The summed E-state index contributed by atoms with van der Waals surface area (Å²) in [6.45, 7) is 0. The van der Waals surface area contributed by atoms with Gasteiger partial charge in [0, 0.05) is 11.8 Å². The number of hydrogen-bond acceptors (Lipinski definition) is 5. The molecule has 2 N–H and O–H groups in total. The number of anilines is 1. The molecular weight excluding hydrogens is 623 g/mol. The fourth-order valence-electron chi connectivity index (χ4n) is 6.98. The van der Waals surface area contributed by atoms with Crippen LogP contribution in [0.5, 0.6) is 0 Å². The third kappa shape index (κ3) is 5.67. The first-order chi connectivity index (χ1) is 25.2. The summed E-state index contributed by atoms with van der Waals surface area (Å²) < 4.78 is 0. The lowest BCUT2D eigenvalue weighted by Gasteiger charge is -2.18. The average Bonchev–Trinajstić information content (AvgIpc) is 3.20. The molecular formula is C46H31N5. The minimum Gasteiger partial charge on any atom is -0.299 e. The quantitative estimate of drug-likeness (QED) is 0.107. The van der Waals surface area contributed by atoms with Gasteiger partial charge in [0.2, 0.25) is 0 Å². The first-order valence-corrected chi connectivity index (χ1v) is 16.9. The normalized spacial score (nSPS) is 13.6. The lowest BCUT2D eigenvalue weighted by molar-refractivity contribution is 1.22. The van der Waals surface area contributed by atoms with E-state index in [9.17, 15) is 0 Å². The molecule has 0 saturated heterocycles. The van der Waals surface area contributed by atoms with Crippen molar-refractivity contribution >= 4 is 55.0 Å². The molecule has 0 spiro atoms. The van der Waals surface area contributed by atoms with Crippen molar-refractivity contribution in [3.8, 4) is 33.6 Å². The van der Waals surface area contributed by atoms with Crippen LogP contribution >= 0.6 is 0 Å². The van der Waals surface area contributed by atoms with Gasteiger partial charge in [-0.1, -0.05) is 115 Å². The molecule has 1 aliphatic rings. The Kier molecular flexibility index (Phi) is 7.56. The predicted molar refractivity (Wildman–Crippen MR) is 213 cm³/mol. The average molecular weight is 654 g/mol. The zero-order valence-electron chi connectivity index (χ0n) is 27.6. The summed E-state index contributed by atoms with van der Waals surface area (Å²) in [5.74, 6) is 0. The summed E-state index contributed by atoms with van der Waals surface area (Å²) in [4.78, 5) is 9.21. The molecule has 0 saturated carbocycles. The van der Waals surface area contributed by atoms with Crippen LogP contribution in [0.2, 0.25) is 0 Å². The van der Waals surface area contributed by atoms with Gasteiger partial charge in [0.1, 0.15) is 5.71 Å². The van der Waals surface area contributed by atoms with Gasteiger partial charge in [0.05, 0.1) is 28.5 Å². The van der Waals surface area contributed by atoms with Crippen LogP contribution in [0.25, 0.3) is 71.5 Å². The third-order valence-corrected chi connectivity index (χ3v) is 9.42. The number of hydrogen-bond donors (Lipinski definition) is 2. The molecule has 0 unspecified atom stereocenters. The van der Waals surface area contributed by atoms with Crippen LogP contribution in [-0.2, 0) is 0 Å². The Morgan fingerprint density at radius 1 is 0.510 bits per heavy atom. The number of nitrogens with zero attached hydrogens (tertiary/aromatic N) is 3. The lowest BCUT2D eigenvalue weighted by Crippen LogP contribution is -2.14. The standard InChI is InChI=1S/C46H31N5/c47-40-29-33(41-17-9-18-44(49-41)43-16-7-8-27-48-43)23-26-42(40)51-50-35-24-21-31(22-25-35)45-36-12-3-5-14-38(36)46(39-15-6-4-13-37(39)45)34-20-19-30-10-1-2-11-32(30)28-34/h1-29,47,50H/b47-40?,51-42-. The molecule has 2 aromatic heterocycles. The van der Waals surface area contributed by atoms with Crippen LogP contribution in [0.4, 0.5) is 5.69 Å². The predicted octanol–water partition coefficient (Wildman–Crippen LogP) is 11.4. The molecule has 0 atom stereocenters. The first kappa shape index (κ1) is 30.1. The molecule has 240 valence electrons. The van der Waals surface area contributed by atoms with Gasteiger partial charge in [-0.25, -0.2) is 4.98 Å². The summed E-state index contributed by atoms with van der Waals surface area (Å²) in [5, 5.41) is 20.6. The Morgan fingerprint density at radius 3 is 1.80 bits per heavy atom. The molecule has 51 heavy (non-hydrogen) atoms. The number of benzene rings is 6. The third-order valence-electron chi connectivity index (χ3n) is 9.42. The van der Waals surface area contributed by atoms with Gasteiger partial charge in [0.15, 0.2) is 0 Å². The number of hydrazone groups is 1. The van der Waals surface area contributed by atoms with Gasteiger partial charge in [-0.05, 0) is 109 Å². The summed E-state index contributed by atoms with van der Waals surface area (Å²) in [5.41, 5.74) is 12.9. The minimum atomic E-state index is 0.311. The number of allylic oxidation sites excluding steroid dienone is 4. The molecule has 1 aliphatic carbocycles. The summed E-state index contributed by atoms with van der Waals surface area (Å²) >= 11 is 0. The fourth-order valence-corrected chi connectivity index (χ4v) is 6.98. The van der Waals surface area contributed by atoms with E-state index in [2.05, 4.69) is 119 Å². The maximum atomic E-state index is 8.69. The monoisotopic (exact) mass is 653 g/mol. The van der Waals surface area contributed by atoms with Gasteiger partial charge >= 0.3 is 0 Å². The second-order valence-corrected chi connectivity index (χ2v) is 12.6. The van der Waals surface area contributed by atoms with E-state index in [1.807, 2.05) is 60.7 Å². The van der Waals surface area contributed by atoms with Crippen molar-refractivity contribution in [1.82, 2.24) is 9.97 Å². The van der Waals surface area contributed by atoms with Crippen molar-refractivity contribution in [2.24, 2.45) is 5.10 Å². The number of aromatic nitrogens is 2. The molecule has 0 radical (unpaired) electrons. The Hall–Kier alpha value is -6.98. The highest BCUT2D eigenvalue weighted by Crippen LogP contribution is 2.44. The molecule has 9 rings (SSSR count). The zero-order chi connectivity index (χ0) is 34.1. The number of nitrogens with one attached hydrogen (secondary N) is 2. The number of fused-ring (bicyclic) bond motifs is 3. The van der Waals surface area contributed by atoms with Crippen molar-refractivity contribution in [2.45, 2.75) is 0 Å². The fraction of sp³-hybridized carbons (Fsp3) is 0. The Bertz CT molecular complexity index is 2670. The van der Waals surface area contributed by atoms with E-state index in [1.54, 1.807) is 12.3 Å². The zero-order valence-corrected chi connectivity index (χ0v) is 27.6. The van der Waals surface area contributed by atoms with E-state index < -0.39 is 0 Å². The van der Waals surface area contributed by atoms with Gasteiger partial charge in [-0.3, -0.25) is 15.8 Å². The van der Waals surface area contributed by atoms with E-state index in [4.69, 9.17) is 10.4 Å². The topological polar surface area (TPSA) is 74.0 Å². The maximum Gasteiger partial charge on any atom is 0.108 e. The Labute approximate surface area is 295 Å². The van der Waals surface area contributed by atoms with Crippen LogP contribution in [0.1, 0.15) is 5.69 Å². The molecule has 0 fully saturated rings. The van der Waals surface area contributed by atoms with Crippen molar-refractivity contribution < 1.29 is 0 Å². The van der Waals surface area contributed by atoms with E-state index >= 15 is 0 Å². The van der Waals surface area contributed by atoms with Crippen LogP contribution < -0.4 is 5.43 Å². The van der Waals surface area contributed by atoms with Crippen LogP contribution in [-0.4, -0.2) is 21.4 Å². The van der Waals surface area contributed by atoms with Gasteiger partial charge in [-0.15, -0.1) is 0 Å². The van der Waals surface area contributed by atoms with Crippen LogP contribution in [0.15, 0.2) is 181 Å². The molecule has 0 bridgehead atoms. The molecule has 6 aromatic carbocycles. The number of pyridine rings is 2. The highest BCUT2D eigenvalue weighted by atomic mass is 15.3. The Balaban J connectivity index is 1.01. The van der Waals surface area contributed by atoms with E-state index in [0.29, 0.717) is 11.4 Å². The molecule has 8 aromatic rings. The molecule has 5 nitrogen and oxygen atoms in total. The number of rotatable bonds is 6. The van der Waals surface area contributed by atoms with Crippen LogP contribution in [0.3, 0.4) is 0 Å². The van der Waals surface area contributed by atoms with Crippen molar-refractivity contribution in [1.29, 1.82) is 5.41 Å². The first-order valence-electron chi connectivity index (χ1n) is 16.9. The summed E-state index contributed by atoms with van der Waals surface area (Å²) in [7, 11) is 0. The molecule has 5 heteroatoms. The summed E-state index contributed by atoms with van der Waals surface area (Å²) in [6.07, 6.45) is 7.36. The van der Waals surface area contributed by atoms with Crippen molar-refractivity contribution in [3.05, 3.63) is 182 Å². The molecule has 0 aliphatic heterocycles. The maximum absolute atomic E-state index is 8.69. The van der Waals surface area contributed by atoms with Crippen molar-refractivity contribution in [3.63, 3.8) is 0 Å². The van der Waals surface area contributed by atoms with Gasteiger partial charge < -0.3 is 0 Å².